The number of hydrogen-bond acceptors (Lipinski definition) is 3. The summed E-state index contributed by atoms with van der Waals surface area (Å²) in [7, 11) is 1.59. The number of anilines is 1. The Morgan fingerprint density at radius 2 is 1.65 bits per heavy atom. The molecule has 136 valence electrons. The fourth-order valence-corrected chi connectivity index (χ4v) is 3.08. The fraction of sp³-hybridized carbons (Fsp3) is 0.333. The zero-order valence-corrected chi connectivity index (χ0v) is 15.0. The summed E-state index contributed by atoms with van der Waals surface area (Å²) in [4.78, 5) is 26.3. The molecule has 1 saturated heterocycles. The predicted molar refractivity (Wildman–Crippen MR) is 102 cm³/mol. The van der Waals surface area contributed by atoms with Crippen LogP contribution in [0.25, 0.3) is 0 Å². The first-order valence-corrected chi connectivity index (χ1v) is 8.98. The number of nitrogens with zero attached hydrogens (tertiary/aromatic N) is 1. The minimum Gasteiger partial charge on any atom is -0.497 e. The summed E-state index contributed by atoms with van der Waals surface area (Å²) in [5.41, 5.74) is 2.41. The van der Waals surface area contributed by atoms with E-state index in [4.69, 9.17) is 4.74 Å². The number of amides is 2. The molecule has 0 atom stereocenters. The highest BCUT2D eigenvalue weighted by atomic mass is 16.5. The molecule has 26 heavy (non-hydrogen) atoms. The lowest BCUT2D eigenvalue weighted by atomic mass is 10.1. The third-order valence-corrected chi connectivity index (χ3v) is 4.65. The highest BCUT2D eigenvalue weighted by molar-refractivity contribution is 6.04. The maximum atomic E-state index is 12.3. The lowest BCUT2D eigenvalue weighted by molar-refractivity contribution is -0.130. The molecule has 2 amide bonds. The van der Waals surface area contributed by atoms with Crippen LogP contribution in [0.2, 0.25) is 0 Å². The summed E-state index contributed by atoms with van der Waals surface area (Å²) in [5.74, 6) is 0.790. The van der Waals surface area contributed by atoms with Gasteiger partial charge in [-0.1, -0.05) is 12.1 Å². The van der Waals surface area contributed by atoms with Gasteiger partial charge in [0.15, 0.2) is 0 Å². The molecule has 0 bridgehead atoms. The third kappa shape index (κ3) is 4.63. The first-order chi connectivity index (χ1) is 12.7. The molecule has 1 heterocycles. The topological polar surface area (TPSA) is 58.6 Å². The first-order valence-electron chi connectivity index (χ1n) is 8.98. The van der Waals surface area contributed by atoms with Gasteiger partial charge in [-0.15, -0.1) is 0 Å². The van der Waals surface area contributed by atoms with Gasteiger partial charge in [-0.2, -0.15) is 0 Å². The number of aryl methyl sites for hydroxylation is 1. The second kappa shape index (κ2) is 8.52. The Balaban J connectivity index is 1.51. The van der Waals surface area contributed by atoms with Crippen molar-refractivity contribution < 1.29 is 14.3 Å². The maximum Gasteiger partial charge on any atom is 0.255 e. The molecule has 0 spiro atoms. The van der Waals surface area contributed by atoms with Crippen molar-refractivity contribution in [3.63, 3.8) is 0 Å². The summed E-state index contributed by atoms with van der Waals surface area (Å²) >= 11 is 0. The zero-order chi connectivity index (χ0) is 18.4. The van der Waals surface area contributed by atoms with Gasteiger partial charge in [0, 0.05) is 30.8 Å². The van der Waals surface area contributed by atoms with Crippen LogP contribution in [-0.4, -0.2) is 36.9 Å². The molecule has 0 aliphatic carbocycles. The smallest absolute Gasteiger partial charge is 0.255 e. The zero-order valence-electron chi connectivity index (χ0n) is 15.0. The lowest BCUT2D eigenvalue weighted by Gasteiger charge is -2.15. The number of carbonyl (C=O) groups is 2. The molecule has 0 aromatic heterocycles. The van der Waals surface area contributed by atoms with Crippen molar-refractivity contribution in [3.8, 4) is 5.75 Å². The van der Waals surface area contributed by atoms with Crippen molar-refractivity contribution in [1.29, 1.82) is 0 Å². The maximum absolute atomic E-state index is 12.3. The van der Waals surface area contributed by atoms with E-state index >= 15 is 0 Å². The van der Waals surface area contributed by atoms with Gasteiger partial charge in [0.2, 0.25) is 5.91 Å². The van der Waals surface area contributed by atoms with Crippen LogP contribution in [0.4, 0.5) is 5.69 Å². The Morgan fingerprint density at radius 3 is 2.27 bits per heavy atom. The summed E-state index contributed by atoms with van der Waals surface area (Å²) in [5, 5.41) is 2.88. The van der Waals surface area contributed by atoms with Gasteiger partial charge >= 0.3 is 0 Å². The van der Waals surface area contributed by atoms with Crippen LogP contribution in [0.3, 0.4) is 0 Å². The molecule has 0 saturated carbocycles. The number of nitrogens with one attached hydrogen (secondary N) is 1. The minimum absolute atomic E-state index is 0.162. The average Bonchev–Trinajstić information content (AvgIpc) is 3.22. The molecule has 3 rings (SSSR count). The first kappa shape index (κ1) is 18.0. The second-order valence-electron chi connectivity index (χ2n) is 6.47. The molecule has 1 aliphatic rings. The molecule has 2 aromatic carbocycles. The van der Waals surface area contributed by atoms with Gasteiger partial charge in [-0.05, 0) is 61.2 Å². The molecule has 1 N–H and O–H groups in total. The van der Waals surface area contributed by atoms with Gasteiger partial charge in [-0.3, -0.25) is 9.59 Å². The average molecular weight is 352 g/mol. The summed E-state index contributed by atoms with van der Waals surface area (Å²) in [6.07, 6.45) is 3.50. The van der Waals surface area contributed by atoms with Crippen molar-refractivity contribution in [3.05, 3.63) is 59.7 Å². The Kier molecular flexibility index (Phi) is 5.89. The standard InChI is InChI=1S/C21H24N2O3/c1-26-19-11-7-17(8-12-19)21(25)22-18-9-4-16(5-10-18)6-13-20(24)23-14-2-3-15-23/h4-5,7-12H,2-3,6,13-15H2,1H3,(H,22,25). The lowest BCUT2D eigenvalue weighted by Crippen LogP contribution is -2.27. The SMILES string of the molecule is COc1ccc(C(=O)Nc2ccc(CCC(=O)N3CCCC3)cc2)cc1. The largest absolute Gasteiger partial charge is 0.497 e. The van der Waals surface area contributed by atoms with E-state index < -0.39 is 0 Å². The molecular weight excluding hydrogens is 328 g/mol. The van der Waals surface area contributed by atoms with E-state index in [9.17, 15) is 9.59 Å². The van der Waals surface area contributed by atoms with Crippen molar-refractivity contribution >= 4 is 17.5 Å². The molecule has 0 radical (unpaired) electrons. The van der Waals surface area contributed by atoms with E-state index in [1.807, 2.05) is 29.2 Å². The number of rotatable bonds is 6. The predicted octanol–water partition coefficient (Wildman–Crippen LogP) is 3.50. The molecule has 5 nitrogen and oxygen atoms in total. The number of carbonyl (C=O) groups excluding carboxylic acids is 2. The van der Waals surface area contributed by atoms with E-state index in [2.05, 4.69) is 5.32 Å². The highest BCUT2D eigenvalue weighted by Gasteiger charge is 2.17. The quantitative estimate of drug-likeness (QED) is 0.866. The van der Waals surface area contributed by atoms with Crippen molar-refractivity contribution in [2.45, 2.75) is 25.7 Å². The molecular formula is C21H24N2O3. The Morgan fingerprint density at radius 1 is 1.00 bits per heavy atom. The van der Waals surface area contributed by atoms with Crippen LogP contribution in [0.5, 0.6) is 5.75 Å². The highest BCUT2D eigenvalue weighted by Crippen LogP contribution is 2.16. The third-order valence-electron chi connectivity index (χ3n) is 4.65. The molecule has 1 aliphatic heterocycles. The van der Waals surface area contributed by atoms with Crippen LogP contribution < -0.4 is 10.1 Å². The Labute approximate surface area is 154 Å². The number of likely N-dealkylation sites (tertiary alicyclic amines) is 1. The monoisotopic (exact) mass is 352 g/mol. The van der Waals surface area contributed by atoms with Crippen LogP contribution in [0.1, 0.15) is 35.2 Å². The van der Waals surface area contributed by atoms with Gasteiger partial charge in [0.1, 0.15) is 5.75 Å². The van der Waals surface area contributed by atoms with Gasteiger partial charge in [-0.25, -0.2) is 0 Å². The van der Waals surface area contributed by atoms with Crippen molar-refractivity contribution in [2.24, 2.45) is 0 Å². The molecule has 0 unspecified atom stereocenters. The van der Waals surface area contributed by atoms with Gasteiger partial charge in [0.25, 0.3) is 5.91 Å². The second-order valence-corrected chi connectivity index (χ2v) is 6.47. The minimum atomic E-state index is -0.162. The van der Waals surface area contributed by atoms with E-state index in [1.165, 1.54) is 0 Å². The van der Waals surface area contributed by atoms with Crippen molar-refractivity contribution in [2.75, 3.05) is 25.5 Å². The van der Waals surface area contributed by atoms with E-state index in [0.29, 0.717) is 12.0 Å². The summed E-state index contributed by atoms with van der Waals surface area (Å²) < 4.78 is 5.09. The number of ether oxygens (including phenoxy) is 1. The van der Waals surface area contributed by atoms with Crippen LogP contribution in [0, 0.1) is 0 Å². The van der Waals surface area contributed by atoms with Crippen LogP contribution >= 0.6 is 0 Å². The van der Waals surface area contributed by atoms with Gasteiger partial charge < -0.3 is 15.0 Å². The number of benzene rings is 2. The van der Waals surface area contributed by atoms with Crippen LogP contribution in [-0.2, 0) is 11.2 Å². The Hall–Kier alpha value is -2.82. The molecule has 5 heteroatoms. The van der Waals surface area contributed by atoms with Crippen LogP contribution in [0.15, 0.2) is 48.5 Å². The van der Waals surface area contributed by atoms with Crippen molar-refractivity contribution in [1.82, 2.24) is 4.90 Å². The van der Waals surface area contributed by atoms with E-state index in [0.717, 1.165) is 49.4 Å². The number of hydrogen-bond donors (Lipinski definition) is 1. The molecule has 1 fully saturated rings. The van der Waals surface area contributed by atoms with Gasteiger partial charge in [0.05, 0.1) is 7.11 Å². The number of methoxy groups -OCH3 is 1. The fourth-order valence-electron chi connectivity index (χ4n) is 3.08. The molecule has 2 aromatic rings. The van der Waals surface area contributed by atoms with E-state index in [-0.39, 0.29) is 11.8 Å². The Bertz CT molecular complexity index is 748. The summed E-state index contributed by atoms with van der Waals surface area (Å²) in [6.45, 7) is 1.80. The van der Waals surface area contributed by atoms with E-state index in [1.54, 1.807) is 31.4 Å². The normalized spacial score (nSPS) is 13.5. The summed E-state index contributed by atoms with van der Waals surface area (Å²) in [6, 6.07) is 14.6.